The van der Waals surface area contributed by atoms with Gasteiger partial charge in [-0.2, -0.15) is 13.2 Å². The lowest BCUT2D eigenvalue weighted by molar-refractivity contribution is -0.159. The molecule has 1 aromatic heterocycles. The molecule has 0 N–H and O–H groups in total. The summed E-state index contributed by atoms with van der Waals surface area (Å²) in [6, 6.07) is 3.16. The number of hydrogen-bond acceptors (Lipinski definition) is 3. The highest BCUT2D eigenvalue weighted by atomic mass is 19.4. The second kappa shape index (κ2) is 5.78. The number of carbonyl (C=O) groups excluding carboxylic acids is 1. The van der Waals surface area contributed by atoms with Crippen LogP contribution >= 0.6 is 0 Å². The summed E-state index contributed by atoms with van der Waals surface area (Å²) in [6.07, 6.45) is -0.615. The molecule has 1 unspecified atom stereocenters. The van der Waals surface area contributed by atoms with Gasteiger partial charge in [0.1, 0.15) is 6.54 Å². The van der Waals surface area contributed by atoms with Gasteiger partial charge in [0, 0.05) is 25.5 Å². The standard InChI is InChI=1S/C13H16F3N3O/c1-18(8-10-2-5-17-6-3-10)11-4-7-19(12(11)20)9-13(14,15)16/h2-3,5-6,11H,4,7-9H2,1H3. The summed E-state index contributed by atoms with van der Waals surface area (Å²) in [4.78, 5) is 18.6. The van der Waals surface area contributed by atoms with E-state index in [1.807, 2.05) is 12.1 Å². The van der Waals surface area contributed by atoms with E-state index in [1.54, 1.807) is 24.3 Å². The first kappa shape index (κ1) is 14.8. The Morgan fingerprint density at radius 2 is 2.05 bits per heavy atom. The minimum atomic E-state index is -4.34. The number of rotatable bonds is 4. The average Bonchev–Trinajstić information content (AvgIpc) is 2.70. The normalized spacial score (nSPS) is 19.9. The fourth-order valence-corrected chi connectivity index (χ4v) is 2.39. The minimum absolute atomic E-state index is 0.156. The number of likely N-dealkylation sites (tertiary alicyclic amines) is 1. The first-order valence-corrected chi connectivity index (χ1v) is 6.31. The molecule has 7 heteroatoms. The van der Waals surface area contributed by atoms with Crippen LogP contribution in [0.1, 0.15) is 12.0 Å². The molecule has 2 heterocycles. The predicted octanol–water partition coefficient (Wildman–Crippen LogP) is 1.68. The second-order valence-corrected chi connectivity index (χ2v) is 4.95. The second-order valence-electron chi connectivity index (χ2n) is 4.95. The third-order valence-corrected chi connectivity index (χ3v) is 3.35. The van der Waals surface area contributed by atoms with Gasteiger partial charge in [-0.05, 0) is 31.2 Å². The Bertz CT molecular complexity index is 464. The lowest BCUT2D eigenvalue weighted by Crippen LogP contribution is -2.42. The Labute approximate surface area is 115 Å². The molecule has 1 aliphatic rings. The van der Waals surface area contributed by atoms with Gasteiger partial charge in [0.25, 0.3) is 0 Å². The molecule has 0 saturated carbocycles. The van der Waals surface area contributed by atoms with Crippen molar-refractivity contribution in [3.8, 4) is 0 Å². The summed E-state index contributed by atoms with van der Waals surface area (Å²) < 4.78 is 37.0. The number of likely N-dealkylation sites (N-methyl/N-ethyl adjacent to an activating group) is 1. The van der Waals surface area contributed by atoms with E-state index in [1.165, 1.54) is 0 Å². The lowest BCUT2D eigenvalue weighted by atomic mass is 10.2. The van der Waals surface area contributed by atoms with Crippen LogP contribution in [0, 0.1) is 0 Å². The zero-order chi connectivity index (χ0) is 14.8. The molecule has 110 valence electrons. The van der Waals surface area contributed by atoms with Gasteiger partial charge < -0.3 is 4.90 Å². The van der Waals surface area contributed by atoms with Gasteiger partial charge in [-0.1, -0.05) is 0 Å². The number of hydrogen-bond donors (Lipinski definition) is 0. The molecule has 0 spiro atoms. The van der Waals surface area contributed by atoms with Gasteiger partial charge in [0.15, 0.2) is 0 Å². The van der Waals surface area contributed by atoms with Gasteiger partial charge in [0.2, 0.25) is 5.91 Å². The molecule has 1 aromatic rings. The van der Waals surface area contributed by atoms with Gasteiger partial charge in [0.05, 0.1) is 6.04 Å². The summed E-state index contributed by atoms with van der Waals surface area (Å²) in [5.74, 6) is -0.445. The Kier molecular flexibility index (Phi) is 4.27. The monoisotopic (exact) mass is 287 g/mol. The molecule has 20 heavy (non-hydrogen) atoms. The van der Waals surface area contributed by atoms with E-state index in [0.29, 0.717) is 13.0 Å². The van der Waals surface area contributed by atoms with Crippen molar-refractivity contribution in [1.29, 1.82) is 0 Å². The van der Waals surface area contributed by atoms with Crippen molar-refractivity contribution in [3.05, 3.63) is 30.1 Å². The zero-order valence-corrected chi connectivity index (χ0v) is 11.1. The first-order valence-electron chi connectivity index (χ1n) is 6.31. The Hall–Kier alpha value is -1.63. The van der Waals surface area contributed by atoms with E-state index < -0.39 is 24.7 Å². The predicted molar refractivity (Wildman–Crippen MR) is 66.7 cm³/mol. The van der Waals surface area contributed by atoms with Crippen molar-refractivity contribution in [1.82, 2.24) is 14.8 Å². The molecule has 0 aliphatic carbocycles. The van der Waals surface area contributed by atoms with E-state index in [-0.39, 0.29) is 6.54 Å². The van der Waals surface area contributed by atoms with E-state index in [9.17, 15) is 18.0 Å². The molecule has 0 aromatic carbocycles. The van der Waals surface area contributed by atoms with Crippen LogP contribution in [0.2, 0.25) is 0 Å². The number of carbonyl (C=O) groups is 1. The molecule has 0 radical (unpaired) electrons. The van der Waals surface area contributed by atoms with E-state index in [2.05, 4.69) is 4.98 Å². The van der Waals surface area contributed by atoms with Crippen molar-refractivity contribution < 1.29 is 18.0 Å². The molecular weight excluding hydrogens is 271 g/mol. The SMILES string of the molecule is CN(Cc1ccncc1)C1CCN(CC(F)(F)F)C1=O. The Morgan fingerprint density at radius 1 is 1.40 bits per heavy atom. The highest BCUT2D eigenvalue weighted by Crippen LogP contribution is 2.23. The quantitative estimate of drug-likeness (QED) is 0.845. The van der Waals surface area contributed by atoms with Gasteiger partial charge in [-0.3, -0.25) is 14.7 Å². The summed E-state index contributed by atoms with van der Waals surface area (Å²) in [5, 5.41) is 0. The van der Waals surface area contributed by atoms with E-state index >= 15 is 0 Å². The Balaban J connectivity index is 1.95. The van der Waals surface area contributed by atoms with Crippen LogP contribution < -0.4 is 0 Å². The number of amides is 1. The molecule has 1 atom stereocenters. The van der Waals surface area contributed by atoms with Crippen LogP contribution in [0.3, 0.4) is 0 Å². The van der Waals surface area contributed by atoms with Crippen LogP contribution in [0.5, 0.6) is 0 Å². The largest absolute Gasteiger partial charge is 0.406 e. The molecule has 2 rings (SSSR count). The number of pyridine rings is 1. The van der Waals surface area contributed by atoms with Crippen molar-refractivity contribution in [2.24, 2.45) is 0 Å². The maximum atomic E-state index is 12.3. The summed E-state index contributed by atoms with van der Waals surface area (Å²) >= 11 is 0. The minimum Gasteiger partial charge on any atom is -0.332 e. The van der Waals surface area contributed by atoms with Crippen LogP contribution in [0.15, 0.2) is 24.5 Å². The van der Waals surface area contributed by atoms with Crippen LogP contribution in [-0.2, 0) is 11.3 Å². The molecule has 0 bridgehead atoms. The van der Waals surface area contributed by atoms with Crippen molar-refractivity contribution in [2.45, 2.75) is 25.2 Å². The van der Waals surface area contributed by atoms with Crippen molar-refractivity contribution in [2.75, 3.05) is 20.1 Å². The van der Waals surface area contributed by atoms with Crippen LogP contribution in [0.4, 0.5) is 13.2 Å². The smallest absolute Gasteiger partial charge is 0.332 e. The maximum absolute atomic E-state index is 12.3. The number of halogens is 3. The molecule has 1 aliphatic heterocycles. The van der Waals surface area contributed by atoms with Crippen LogP contribution in [-0.4, -0.2) is 53.0 Å². The third-order valence-electron chi connectivity index (χ3n) is 3.35. The highest BCUT2D eigenvalue weighted by Gasteiger charge is 2.40. The van der Waals surface area contributed by atoms with Crippen molar-refractivity contribution >= 4 is 5.91 Å². The van der Waals surface area contributed by atoms with Gasteiger partial charge in [-0.15, -0.1) is 0 Å². The number of nitrogens with zero attached hydrogens (tertiary/aromatic N) is 3. The zero-order valence-electron chi connectivity index (χ0n) is 11.1. The summed E-state index contributed by atoms with van der Waals surface area (Å²) in [6.45, 7) is -0.492. The molecule has 1 saturated heterocycles. The number of alkyl halides is 3. The van der Waals surface area contributed by atoms with E-state index in [4.69, 9.17) is 0 Å². The first-order chi connectivity index (χ1) is 9.37. The molecule has 1 fully saturated rings. The molecule has 1 amide bonds. The average molecular weight is 287 g/mol. The van der Waals surface area contributed by atoms with Crippen LogP contribution in [0.25, 0.3) is 0 Å². The number of aromatic nitrogens is 1. The topological polar surface area (TPSA) is 36.4 Å². The Morgan fingerprint density at radius 3 is 2.65 bits per heavy atom. The van der Waals surface area contributed by atoms with Gasteiger partial charge in [-0.25, -0.2) is 0 Å². The maximum Gasteiger partial charge on any atom is 0.406 e. The molecule has 4 nitrogen and oxygen atoms in total. The fraction of sp³-hybridized carbons (Fsp3) is 0.538. The highest BCUT2D eigenvalue weighted by molar-refractivity contribution is 5.84. The van der Waals surface area contributed by atoms with E-state index in [0.717, 1.165) is 10.5 Å². The summed E-state index contributed by atoms with van der Waals surface area (Å²) in [7, 11) is 1.75. The fourth-order valence-electron chi connectivity index (χ4n) is 2.39. The van der Waals surface area contributed by atoms with Crippen molar-refractivity contribution in [3.63, 3.8) is 0 Å². The lowest BCUT2D eigenvalue weighted by Gasteiger charge is -2.24. The third kappa shape index (κ3) is 3.69. The van der Waals surface area contributed by atoms with Gasteiger partial charge >= 0.3 is 6.18 Å². The molecular formula is C13H16F3N3O. The summed E-state index contributed by atoms with van der Waals surface area (Å²) in [5.41, 5.74) is 0.976.